The topological polar surface area (TPSA) is 27.1 Å². The Hall–Kier alpha value is -0.830. The molecule has 0 aliphatic rings. The second-order valence-corrected chi connectivity index (χ2v) is 3.71. The minimum absolute atomic E-state index is 0.0775. The number of hydrogen-bond donors (Lipinski definition) is 0. The molecule has 1 heterocycles. The van der Waals surface area contributed by atoms with Crippen molar-refractivity contribution in [2.24, 2.45) is 5.92 Å². The summed E-state index contributed by atoms with van der Waals surface area (Å²) >= 11 is 0. The van der Waals surface area contributed by atoms with E-state index in [4.69, 9.17) is 4.74 Å². The minimum Gasteiger partial charge on any atom is -0.374 e. The van der Waals surface area contributed by atoms with Crippen molar-refractivity contribution in [3.05, 3.63) is 18.2 Å². The molecule has 1 rings (SSSR count). The van der Waals surface area contributed by atoms with E-state index < -0.39 is 0 Å². The molecule has 1 atom stereocenters. The maximum absolute atomic E-state index is 5.23. The second kappa shape index (κ2) is 4.42. The van der Waals surface area contributed by atoms with E-state index in [0.717, 1.165) is 12.4 Å². The molecule has 0 aromatic carbocycles. The van der Waals surface area contributed by atoms with Crippen LogP contribution in [0.25, 0.3) is 0 Å². The molecular formula is C10H18N2O. The Balaban J connectivity index is 2.76. The summed E-state index contributed by atoms with van der Waals surface area (Å²) in [6.45, 7) is 7.41. The minimum atomic E-state index is 0.0775. The average Bonchev–Trinajstić information content (AvgIpc) is 2.50. The van der Waals surface area contributed by atoms with Crippen molar-refractivity contribution in [1.82, 2.24) is 9.55 Å². The Morgan fingerprint density at radius 2 is 2.15 bits per heavy atom. The third kappa shape index (κ3) is 2.56. The molecule has 13 heavy (non-hydrogen) atoms. The number of nitrogens with zero attached hydrogens (tertiary/aromatic N) is 2. The van der Waals surface area contributed by atoms with Crippen LogP contribution in [-0.2, 0) is 11.3 Å². The van der Waals surface area contributed by atoms with E-state index in [9.17, 15) is 0 Å². The van der Waals surface area contributed by atoms with Gasteiger partial charge in [-0.1, -0.05) is 13.8 Å². The SMILES string of the molecule is COC(C)c1nccn1CC(C)C. The standard InChI is InChI=1S/C10H18N2O/c1-8(2)7-12-6-5-11-10(12)9(3)13-4/h5-6,8-9H,7H2,1-4H3. The maximum Gasteiger partial charge on any atom is 0.137 e. The molecule has 0 N–H and O–H groups in total. The van der Waals surface area contributed by atoms with Crippen molar-refractivity contribution in [3.63, 3.8) is 0 Å². The first-order valence-corrected chi connectivity index (χ1v) is 4.69. The highest BCUT2D eigenvalue weighted by molar-refractivity contribution is 4.95. The Labute approximate surface area is 79.7 Å². The zero-order chi connectivity index (χ0) is 9.84. The van der Waals surface area contributed by atoms with Crippen LogP contribution in [0.15, 0.2) is 12.4 Å². The third-order valence-electron chi connectivity index (χ3n) is 2.03. The molecule has 0 radical (unpaired) electrons. The van der Waals surface area contributed by atoms with Crippen molar-refractivity contribution >= 4 is 0 Å². The van der Waals surface area contributed by atoms with Crippen molar-refractivity contribution in [2.75, 3.05) is 7.11 Å². The van der Waals surface area contributed by atoms with Crippen LogP contribution in [-0.4, -0.2) is 16.7 Å². The van der Waals surface area contributed by atoms with E-state index in [1.807, 2.05) is 19.3 Å². The van der Waals surface area contributed by atoms with Gasteiger partial charge < -0.3 is 9.30 Å². The highest BCUT2D eigenvalue weighted by Crippen LogP contribution is 2.14. The van der Waals surface area contributed by atoms with Gasteiger partial charge in [0.05, 0.1) is 0 Å². The van der Waals surface area contributed by atoms with Gasteiger partial charge in [0, 0.05) is 26.0 Å². The van der Waals surface area contributed by atoms with Crippen LogP contribution in [0.5, 0.6) is 0 Å². The summed E-state index contributed by atoms with van der Waals surface area (Å²) in [4.78, 5) is 4.28. The Kier molecular flexibility index (Phi) is 3.48. The van der Waals surface area contributed by atoms with Crippen LogP contribution in [0.3, 0.4) is 0 Å². The van der Waals surface area contributed by atoms with E-state index in [1.165, 1.54) is 0 Å². The summed E-state index contributed by atoms with van der Waals surface area (Å²) in [5.41, 5.74) is 0. The molecule has 0 fully saturated rings. The highest BCUT2D eigenvalue weighted by atomic mass is 16.5. The number of ether oxygens (including phenoxy) is 1. The van der Waals surface area contributed by atoms with Crippen LogP contribution in [0.4, 0.5) is 0 Å². The van der Waals surface area contributed by atoms with Crippen molar-refractivity contribution in [3.8, 4) is 0 Å². The van der Waals surface area contributed by atoms with Crippen LogP contribution >= 0.6 is 0 Å². The summed E-state index contributed by atoms with van der Waals surface area (Å²) in [5.74, 6) is 1.65. The Bertz CT molecular complexity index is 255. The van der Waals surface area contributed by atoms with Gasteiger partial charge in [0.25, 0.3) is 0 Å². The lowest BCUT2D eigenvalue weighted by atomic mass is 10.2. The number of hydrogen-bond acceptors (Lipinski definition) is 2. The van der Waals surface area contributed by atoms with Crippen molar-refractivity contribution in [2.45, 2.75) is 33.4 Å². The second-order valence-electron chi connectivity index (χ2n) is 3.71. The van der Waals surface area contributed by atoms with Crippen molar-refractivity contribution in [1.29, 1.82) is 0 Å². The first-order chi connectivity index (χ1) is 6.15. The highest BCUT2D eigenvalue weighted by Gasteiger charge is 2.10. The maximum atomic E-state index is 5.23. The van der Waals surface area contributed by atoms with Gasteiger partial charge in [-0.15, -0.1) is 0 Å². The summed E-state index contributed by atoms with van der Waals surface area (Å²) < 4.78 is 7.39. The predicted octanol–water partition coefficient (Wildman–Crippen LogP) is 2.25. The molecule has 3 heteroatoms. The summed E-state index contributed by atoms with van der Waals surface area (Å²) in [6, 6.07) is 0. The lowest BCUT2D eigenvalue weighted by Crippen LogP contribution is -2.11. The molecule has 1 aromatic heterocycles. The molecule has 0 spiro atoms. The molecule has 0 saturated heterocycles. The fourth-order valence-electron chi connectivity index (χ4n) is 1.33. The van der Waals surface area contributed by atoms with Gasteiger partial charge in [-0.25, -0.2) is 4.98 Å². The monoisotopic (exact) mass is 182 g/mol. The van der Waals surface area contributed by atoms with Gasteiger partial charge in [-0.3, -0.25) is 0 Å². The summed E-state index contributed by atoms with van der Waals surface area (Å²) in [5, 5.41) is 0. The molecule has 0 saturated carbocycles. The molecule has 0 aliphatic carbocycles. The first kappa shape index (κ1) is 10.3. The number of methoxy groups -OCH3 is 1. The zero-order valence-electron chi connectivity index (χ0n) is 8.82. The fourth-order valence-corrected chi connectivity index (χ4v) is 1.33. The predicted molar refractivity (Wildman–Crippen MR) is 52.5 cm³/mol. The number of imidazole rings is 1. The Morgan fingerprint density at radius 3 is 2.69 bits per heavy atom. The van der Waals surface area contributed by atoms with Gasteiger partial charge in [0.1, 0.15) is 11.9 Å². The van der Waals surface area contributed by atoms with Crippen molar-refractivity contribution < 1.29 is 4.74 Å². The molecule has 1 aromatic rings. The van der Waals surface area contributed by atoms with E-state index in [-0.39, 0.29) is 6.10 Å². The van der Waals surface area contributed by atoms with E-state index >= 15 is 0 Å². The van der Waals surface area contributed by atoms with E-state index in [2.05, 4.69) is 23.4 Å². The van der Waals surface area contributed by atoms with Gasteiger partial charge in [-0.05, 0) is 12.8 Å². The fraction of sp³-hybridized carbons (Fsp3) is 0.700. The Morgan fingerprint density at radius 1 is 1.46 bits per heavy atom. The van der Waals surface area contributed by atoms with Gasteiger partial charge in [0.2, 0.25) is 0 Å². The molecule has 0 bridgehead atoms. The summed E-state index contributed by atoms with van der Waals surface area (Å²) in [6.07, 6.45) is 3.91. The molecule has 0 aliphatic heterocycles. The van der Waals surface area contributed by atoms with Crippen LogP contribution in [0.2, 0.25) is 0 Å². The van der Waals surface area contributed by atoms with Crippen LogP contribution in [0.1, 0.15) is 32.7 Å². The van der Waals surface area contributed by atoms with Gasteiger partial charge in [0.15, 0.2) is 0 Å². The van der Waals surface area contributed by atoms with Crippen LogP contribution < -0.4 is 0 Å². The largest absolute Gasteiger partial charge is 0.374 e. The van der Waals surface area contributed by atoms with Crippen LogP contribution in [0, 0.1) is 5.92 Å². The molecular weight excluding hydrogens is 164 g/mol. The molecule has 1 unspecified atom stereocenters. The molecule has 74 valence electrons. The van der Waals surface area contributed by atoms with Gasteiger partial charge >= 0.3 is 0 Å². The number of rotatable bonds is 4. The summed E-state index contributed by atoms with van der Waals surface area (Å²) in [7, 11) is 1.71. The smallest absolute Gasteiger partial charge is 0.137 e. The lowest BCUT2D eigenvalue weighted by Gasteiger charge is -2.14. The van der Waals surface area contributed by atoms with Gasteiger partial charge in [-0.2, -0.15) is 0 Å². The normalized spacial score (nSPS) is 13.6. The quantitative estimate of drug-likeness (QED) is 0.714. The molecule has 0 amide bonds. The third-order valence-corrected chi connectivity index (χ3v) is 2.03. The first-order valence-electron chi connectivity index (χ1n) is 4.69. The van der Waals surface area contributed by atoms with E-state index in [0.29, 0.717) is 5.92 Å². The zero-order valence-corrected chi connectivity index (χ0v) is 8.82. The number of aromatic nitrogens is 2. The average molecular weight is 182 g/mol. The molecule has 3 nitrogen and oxygen atoms in total. The van der Waals surface area contributed by atoms with E-state index in [1.54, 1.807) is 7.11 Å². The lowest BCUT2D eigenvalue weighted by molar-refractivity contribution is 0.108.